The molecule has 0 bridgehead atoms. The summed E-state index contributed by atoms with van der Waals surface area (Å²) in [4.78, 5) is 26.8. The summed E-state index contributed by atoms with van der Waals surface area (Å²) in [6.45, 7) is -0.452. The van der Waals surface area contributed by atoms with Crippen molar-refractivity contribution in [2.75, 3.05) is 11.4 Å². The summed E-state index contributed by atoms with van der Waals surface area (Å²) in [5.74, 6) is -4.80. The van der Waals surface area contributed by atoms with E-state index in [2.05, 4.69) is 5.32 Å². The number of hydrogen-bond donors (Lipinski definition) is 2. The maximum atomic E-state index is 13.8. The van der Waals surface area contributed by atoms with E-state index in [0.29, 0.717) is 0 Å². The molecule has 1 unspecified atom stereocenters. The number of carbonyl (C=O) groups is 2. The molecule has 0 saturated heterocycles. The third-order valence-electron chi connectivity index (χ3n) is 4.67. The number of carbonyl (C=O) groups excluding carboxylic acids is 2. The largest absolute Gasteiger partial charge is 0.351 e. The average Bonchev–Trinajstić information content (AvgIpc) is 2.64. The van der Waals surface area contributed by atoms with Crippen molar-refractivity contribution in [1.82, 2.24) is 5.32 Å². The number of amides is 2. The highest BCUT2D eigenvalue weighted by molar-refractivity contribution is 6.31. The first-order chi connectivity index (χ1) is 13.7. The lowest BCUT2D eigenvalue weighted by Crippen LogP contribution is -2.54. The van der Waals surface area contributed by atoms with Crippen molar-refractivity contribution in [2.24, 2.45) is 5.73 Å². The van der Waals surface area contributed by atoms with Gasteiger partial charge in [-0.25, -0.2) is 13.2 Å². The summed E-state index contributed by atoms with van der Waals surface area (Å²) in [5.41, 5.74) is 5.89. The van der Waals surface area contributed by atoms with Crippen LogP contribution < -0.4 is 16.0 Å². The summed E-state index contributed by atoms with van der Waals surface area (Å²) < 4.78 is 40.2. The van der Waals surface area contributed by atoms with Crippen molar-refractivity contribution in [3.8, 4) is 0 Å². The van der Waals surface area contributed by atoms with Gasteiger partial charge in [-0.2, -0.15) is 0 Å². The predicted molar refractivity (Wildman–Crippen MR) is 110 cm³/mol. The van der Waals surface area contributed by atoms with Crippen molar-refractivity contribution < 1.29 is 22.8 Å². The number of anilines is 1. The minimum absolute atomic E-state index is 0. The molecule has 2 aromatic rings. The first-order valence-corrected chi connectivity index (χ1v) is 9.30. The number of benzene rings is 2. The van der Waals surface area contributed by atoms with Crippen molar-refractivity contribution in [2.45, 2.75) is 30.8 Å². The normalized spacial score (nSPS) is 16.0. The minimum atomic E-state index is -2.83. The average molecular weight is 462 g/mol. The first-order valence-electron chi connectivity index (χ1n) is 8.92. The molecule has 162 valence electrons. The maximum Gasteiger partial charge on any atom is 0.252 e. The topological polar surface area (TPSA) is 75.4 Å². The Morgan fingerprint density at radius 2 is 1.87 bits per heavy atom. The number of nitrogens with two attached hydrogens (primary N) is 1. The van der Waals surface area contributed by atoms with E-state index in [1.165, 1.54) is 30.3 Å². The zero-order chi connectivity index (χ0) is 21.2. The van der Waals surface area contributed by atoms with Crippen LogP contribution in [-0.2, 0) is 9.59 Å². The van der Waals surface area contributed by atoms with Gasteiger partial charge in [0, 0.05) is 35.2 Å². The van der Waals surface area contributed by atoms with Gasteiger partial charge in [-0.15, -0.1) is 12.4 Å². The van der Waals surface area contributed by atoms with E-state index in [-0.39, 0.29) is 28.7 Å². The molecule has 0 radical (unpaired) electrons. The zero-order valence-corrected chi connectivity index (χ0v) is 17.2. The summed E-state index contributed by atoms with van der Waals surface area (Å²) >= 11 is 6.26. The lowest BCUT2D eigenvalue weighted by Gasteiger charge is -2.38. The zero-order valence-electron chi connectivity index (χ0n) is 15.7. The molecule has 1 aliphatic carbocycles. The van der Waals surface area contributed by atoms with E-state index < -0.39 is 55.0 Å². The van der Waals surface area contributed by atoms with Gasteiger partial charge in [0.1, 0.15) is 11.9 Å². The van der Waals surface area contributed by atoms with E-state index in [1.54, 1.807) is 12.1 Å². The van der Waals surface area contributed by atoms with Gasteiger partial charge < -0.3 is 11.1 Å². The van der Waals surface area contributed by atoms with Gasteiger partial charge in [0.05, 0.1) is 6.54 Å². The van der Waals surface area contributed by atoms with Gasteiger partial charge in [-0.3, -0.25) is 14.5 Å². The Hall–Kier alpha value is -2.29. The molecule has 5 nitrogen and oxygen atoms in total. The number of hydrogen-bond acceptors (Lipinski definition) is 3. The quantitative estimate of drug-likeness (QED) is 0.685. The minimum Gasteiger partial charge on any atom is -0.351 e. The second-order valence-electron chi connectivity index (χ2n) is 6.84. The van der Waals surface area contributed by atoms with Crippen LogP contribution in [0, 0.1) is 5.82 Å². The number of alkyl halides is 2. The molecule has 1 aliphatic rings. The number of rotatable bonds is 6. The molecule has 30 heavy (non-hydrogen) atoms. The highest BCUT2D eigenvalue weighted by Gasteiger charge is 2.47. The van der Waals surface area contributed by atoms with Gasteiger partial charge >= 0.3 is 0 Å². The smallest absolute Gasteiger partial charge is 0.252 e. The Kier molecular flexibility index (Phi) is 7.74. The number of nitrogens with one attached hydrogen (secondary N) is 1. The summed E-state index contributed by atoms with van der Waals surface area (Å²) in [6.07, 6.45) is -0.975. The number of halogens is 5. The van der Waals surface area contributed by atoms with Crippen LogP contribution in [-0.4, -0.2) is 30.3 Å². The standard InChI is InChI=1S/C20H19ClF3N3O2.ClH/c21-16-7-2-1-6-15(16)18(19(29)26-13-9-20(23,24)10-13)27(17(28)11-25)14-5-3-4-12(22)8-14;/h1-8,13,18H,9-11,25H2,(H,26,29);1H. The van der Waals surface area contributed by atoms with Crippen LogP contribution in [0.4, 0.5) is 18.9 Å². The Labute approximate surface area is 182 Å². The van der Waals surface area contributed by atoms with Gasteiger partial charge in [-0.1, -0.05) is 35.9 Å². The van der Waals surface area contributed by atoms with E-state index in [4.69, 9.17) is 17.3 Å². The third-order valence-corrected chi connectivity index (χ3v) is 5.02. The fraction of sp³-hybridized carbons (Fsp3) is 0.300. The van der Waals surface area contributed by atoms with Crippen molar-refractivity contribution in [3.63, 3.8) is 0 Å². The molecule has 2 amide bonds. The molecule has 0 aliphatic heterocycles. The summed E-state index contributed by atoms with van der Waals surface area (Å²) in [6, 6.07) is 9.41. The van der Waals surface area contributed by atoms with Crippen LogP contribution in [0.2, 0.25) is 5.02 Å². The second-order valence-corrected chi connectivity index (χ2v) is 7.25. The number of nitrogens with zero attached hydrogens (tertiary/aromatic N) is 1. The van der Waals surface area contributed by atoms with Crippen molar-refractivity contribution in [1.29, 1.82) is 0 Å². The van der Waals surface area contributed by atoms with Crippen LogP contribution in [0.5, 0.6) is 0 Å². The molecular formula is C20H20Cl2F3N3O2. The van der Waals surface area contributed by atoms with Crippen LogP contribution in [0.3, 0.4) is 0 Å². The molecule has 0 spiro atoms. The molecular weight excluding hydrogens is 442 g/mol. The van der Waals surface area contributed by atoms with Crippen molar-refractivity contribution in [3.05, 3.63) is 64.9 Å². The molecule has 0 heterocycles. The lowest BCUT2D eigenvalue weighted by atomic mass is 9.87. The van der Waals surface area contributed by atoms with Crippen LogP contribution in [0.15, 0.2) is 48.5 Å². The Bertz CT molecular complexity index is 922. The van der Waals surface area contributed by atoms with Crippen LogP contribution in [0.1, 0.15) is 24.4 Å². The maximum absolute atomic E-state index is 13.8. The molecule has 3 N–H and O–H groups in total. The first kappa shape index (κ1) is 24.0. The van der Waals surface area contributed by atoms with Crippen LogP contribution >= 0.6 is 24.0 Å². The fourth-order valence-electron chi connectivity index (χ4n) is 3.30. The molecule has 10 heteroatoms. The highest BCUT2D eigenvalue weighted by Crippen LogP contribution is 2.38. The summed E-state index contributed by atoms with van der Waals surface area (Å²) in [5, 5.41) is 2.73. The predicted octanol–water partition coefficient (Wildman–Crippen LogP) is 3.85. The van der Waals surface area contributed by atoms with Crippen molar-refractivity contribution >= 4 is 41.5 Å². The Morgan fingerprint density at radius 3 is 2.43 bits per heavy atom. The lowest BCUT2D eigenvalue weighted by molar-refractivity contribution is -0.132. The molecule has 1 atom stereocenters. The van der Waals surface area contributed by atoms with Crippen LogP contribution in [0.25, 0.3) is 0 Å². The van der Waals surface area contributed by atoms with Gasteiger partial charge in [-0.05, 0) is 24.3 Å². The fourth-order valence-corrected chi connectivity index (χ4v) is 3.54. The Morgan fingerprint density at radius 1 is 1.20 bits per heavy atom. The van der Waals surface area contributed by atoms with Gasteiger partial charge in [0.25, 0.3) is 5.92 Å². The molecule has 3 rings (SSSR count). The highest BCUT2D eigenvalue weighted by atomic mass is 35.5. The molecule has 1 fully saturated rings. The molecule has 1 saturated carbocycles. The monoisotopic (exact) mass is 461 g/mol. The van der Waals surface area contributed by atoms with E-state index >= 15 is 0 Å². The van der Waals surface area contributed by atoms with E-state index in [1.807, 2.05) is 0 Å². The van der Waals surface area contributed by atoms with Gasteiger partial charge in [0.2, 0.25) is 11.8 Å². The molecule has 2 aromatic carbocycles. The Balaban J connectivity index is 0.00000320. The van der Waals surface area contributed by atoms with E-state index in [0.717, 1.165) is 11.0 Å². The van der Waals surface area contributed by atoms with Gasteiger partial charge in [0.15, 0.2) is 0 Å². The SMILES string of the molecule is Cl.NCC(=O)N(c1cccc(F)c1)C(C(=O)NC1CC(F)(F)C1)c1ccccc1Cl. The third kappa shape index (κ3) is 5.24. The summed E-state index contributed by atoms with van der Waals surface area (Å²) in [7, 11) is 0. The second kappa shape index (κ2) is 9.68. The molecule has 0 aromatic heterocycles. The van der Waals surface area contributed by atoms with E-state index in [9.17, 15) is 22.8 Å².